The summed E-state index contributed by atoms with van der Waals surface area (Å²) >= 11 is 0. The van der Waals surface area contributed by atoms with E-state index in [2.05, 4.69) is 10.0 Å². The van der Waals surface area contributed by atoms with Crippen LogP contribution >= 0.6 is 0 Å². The summed E-state index contributed by atoms with van der Waals surface area (Å²) in [5.41, 5.74) is 1.81. The van der Waals surface area contributed by atoms with Gasteiger partial charge in [0.1, 0.15) is 6.04 Å². The van der Waals surface area contributed by atoms with E-state index >= 15 is 0 Å². The van der Waals surface area contributed by atoms with Gasteiger partial charge in [-0.2, -0.15) is 4.72 Å². The molecule has 162 valence electrons. The largest absolute Gasteiger partial charge is 0.351 e. The molecule has 4 aromatic rings. The van der Waals surface area contributed by atoms with Gasteiger partial charge < -0.3 is 5.32 Å². The van der Waals surface area contributed by atoms with Crippen LogP contribution in [0.2, 0.25) is 0 Å². The summed E-state index contributed by atoms with van der Waals surface area (Å²) in [6.07, 6.45) is 0.244. The highest BCUT2D eigenvalue weighted by Crippen LogP contribution is 2.19. The normalized spacial score (nSPS) is 12.4. The van der Waals surface area contributed by atoms with Crippen LogP contribution in [0, 0.1) is 0 Å². The zero-order valence-corrected chi connectivity index (χ0v) is 18.3. The Morgan fingerprint density at radius 1 is 0.719 bits per heavy atom. The minimum absolute atomic E-state index is 0.130. The second-order valence-corrected chi connectivity index (χ2v) is 9.29. The summed E-state index contributed by atoms with van der Waals surface area (Å²) < 4.78 is 28.9. The fourth-order valence-corrected chi connectivity index (χ4v) is 4.77. The third kappa shape index (κ3) is 5.41. The van der Waals surface area contributed by atoms with Gasteiger partial charge in [-0.3, -0.25) is 4.79 Å². The van der Waals surface area contributed by atoms with Crippen LogP contribution in [0.4, 0.5) is 0 Å². The lowest BCUT2D eigenvalue weighted by Crippen LogP contribution is -2.47. The van der Waals surface area contributed by atoms with Crippen LogP contribution in [0.5, 0.6) is 0 Å². The number of hydrogen-bond acceptors (Lipinski definition) is 3. The first-order valence-electron chi connectivity index (χ1n) is 10.4. The Morgan fingerprint density at radius 2 is 1.31 bits per heavy atom. The summed E-state index contributed by atoms with van der Waals surface area (Å²) in [6.45, 7) is 0.322. The molecule has 0 fully saturated rings. The smallest absolute Gasteiger partial charge is 0.241 e. The first kappa shape index (κ1) is 21.7. The number of nitrogens with one attached hydrogen (secondary N) is 2. The van der Waals surface area contributed by atoms with Crippen molar-refractivity contribution in [3.05, 3.63) is 114 Å². The van der Waals surface area contributed by atoms with Crippen molar-refractivity contribution in [2.24, 2.45) is 0 Å². The van der Waals surface area contributed by atoms with E-state index in [0.29, 0.717) is 6.54 Å². The molecule has 1 atom stereocenters. The molecular formula is C26H24N2O3S. The van der Waals surface area contributed by atoms with Gasteiger partial charge in [-0.1, -0.05) is 91.0 Å². The lowest BCUT2D eigenvalue weighted by atomic mass is 10.1. The van der Waals surface area contributed by atoms with Gasteiger partial charge in [0.15, 0.2) is 0 Å². The number of hydrogen-bond donors (Lipinski definition) is 2. The van der Waals surface area contributed by atoms with Crippen molar-refractivity contribution in [2.75, 3.05) is 0 Å². The van der Waals surface area contributed by atoms with Crippen molar-refractivity contribution in [1.29, 1.82) is 0 Å². The quantitative estimate of drug-likeness (QED) is 0.431. The maximum atomic E-state index is 13.2. The summed E-state index contributed by atoms with van der Waals surface area (Å²) in [4.78, 5) is 13.1. The van der Waals surface area contributed by atoms with Gasteiger partial charge >= 0.3 is 0 Å². The number of benzene rings is 4. The van der Waals surface area contributed by atoms with Crippen LogP contribution in [0.3, 0.4) is 0 Å². The molecule has 0 radical (unpaired) electrons. The number of amides is 1. The van der Waals surface area contributed by atoms with Gasteiger partial charge in [0.2, 0.25) is 15.9 Å². The van der Waals surface area contributed by atoms with E-state index < -0.39 is 16.1 Å². The lowest BCUT2D eigenvalue weighted by molar-refractivity contribution is -0.122. The SMILES string of the molecule is O=C(NCc1ccccc1)C(Cc1ccccc1)NS(=O)(=O)c1ccc2ccccc2c1. The first-order valence-corrected chi connectivity index (χ1v) is 11.9. The highest BCUT2D eigenvalue weighted by atomic mass is 32.2. The molecular weight excluding hydrogens is 420 g/mol. The Hall–Kier alpha value is -3.48. The van der Waals surface area contributed by atoms with E-state index in [-0.39, 0.29) is 17.2 Å². The predicted molar refractivity (Wildman–Crippen MR) is 126 cm³/mol. The summed E-state index contributed by atoms with van der Waals surface area (Å²) in [7, 11) is -3.91. The molecule has 0 heterocycles. The molecule has 0 spiro atoms. The zero-order chi connectivity index (χ0) is 22.4. The summed E-state index contributed by atoms with van der Waals surface area (Å²) in [6, 6.07) is 30.4. The van der Waals surface area contributed by atoms with Gasteiger partial charge in [0.25, 0.3) is 0 Å². The number of rotatable bonds is 8. The highest BCUT2D eigenvalue weighted by Gasteiger charge is 2.26. The third-order valence-corrected chi connectivity index (χ3v) is 6.71. The van der Waals surface area contributed by atoms with Gasteiger partial charge in [-0.15, -0.1) is 0 Å². The van der Waals surface area contributed by atoms with E-state index in [1.165, 1.54) is 0 Å². The molecule has 4 aromatic carbocycles. The molecule has 0 aliphatic carbocycles. The molecule has 5 nitrogen and oxygen atoms in total. The van der Waals surface area contributed by atoms with Crippen molar-refractivity contribution in [2.45, 2.75) is 23.9 Å². The van der Waals surface area contributed by atoms with E-state index in [9.17, 15) is 13.2 Å². The molecule has 0 aliphatic heterocycles. The number of carbonyl (C=O) groups is 1. The van der Waals surface area contributed by atoms with Crippen LogP contribution < -0.4 is 10.0 Å². The summed E-state index contributed by atoms with van der Waals surface area (Å²) in [5.74, 6) is -0.373. The molecule has 0 aromatic heterocycles. The van der Waals surface area contributed by atoms with E-state index in [1.54, 1.807) is 18.2 Å². The van der Waals surface area contributed by atoms with Crippen LogP contribution in [0.15, 0.2) is 108 Å². The second kappa shape index (κ2) is 9.77. The monoisotopic (exact) mass is 444 g/mol. The molecule has 1 unspecified atom stereocenters. The third-order valence-electron chi connectivity index (χ3n) is 5.24. The zero-order valence-electron chi connectivity index (χ0n) is 17.4. The minimum Gasteiger partial charge on any atom is -0.351 e. The first-order chi connectivity index (χ1) is 15.5. The average molecular weight is 445 g/mol. The van der Waals surface area contributed by atoms with E-state index in [0.717, 1.165) is 21.9 Å². The van der Waals surface area contributed by atoms with Crippen LogP contribution in [0.25, 0.3) is 10.8 Å². The topological polar surface area (TPSA) is 75.3 Å². The Bertz CT molecular complexity index is 1310. The molecule has 4 rings (SSSR count). The molecule has 32 heavy (non-hydrogen) atoms. The van der Waals surface area contributed by atoms with Gasteiger partial charge in [-0.05, 0) is 40.5 Å². The van der Waals surface area contributed by atoms with Crippen molar-refractivity contribution in [3.8, 4) is 0 Å². The van der Waals surface area contributed by atoms with Crippen LogP contribution in [-0.4, -0.2) is 20.4 Å². The molecule has 0 saturated carbocycles. The molecule has 6 heteroatoms. The molecule has 0 aliphatic rings. The van der Waals surface area contributed by atoms with Crippen molar-refractivity contribution >= 4 is 26.7 Å². The molecule has 0 bridgehead atoms. The number of fused-ring (bicyclic) bond motifs is 1. The fraction of sp³-hybridized carbons (Fsp3) is 0.115. The predicted octanol–water partition coefficient (Wildman–Crippen LogP) is 4.05. The Labute approximate surface area is 188 Å². The number of sulfonamides is 1. The Balaban J connectivity index is 1.57. The second-order valence-electron chi connectivity index (χ2n) is 7.58. The molecule has 1 amide bonds. The van der Waals surface area contributed by atoms with E-state index in [4.69, 9.17) is 0 Å². The standard InChI is InChI=1S/C26H24N2O3S/c29-26(27-19-21-11-5-2-6-12-21)25(17-20-9-3-1-4-10-20)28-32(30,31)24-16-15-22-13-7-8-14-23(22)18-24/h1-16,18,25,28H,17,19H2,(H,27,29). The summed E-state index contributed by atoms with van der Waals surface area (Å²) in [5, 5.41) is 4.63. The Morgan fingerprint density at radius 3 is 2.00 bits per heavy atom. The molecule has 0 saturated heterocycles. The average Bonchev–Trinajstić information content (AvgIpc) is 2.83. The number of carbonyl (C=O) groups excluding carboxylic acids is 1. The fourth-order valence-electron chi connectivity index (χ4n) is 3.54. The highest BCUT2D eigenvalue weighted by molar-refractivity contribution is 7.89. The van der Waals surface area contributed by atoms with Gasteiger partial charge in [0.05, 0.1) is 4.90 Å². The molecule has 2 N–H and O–H groups in total. The maximum Gasteiger partial charge on any atom is 0.241 e. The van der Waals surface area contributed by atoms with Crippen molar-refractivity contribution in [1.82, 2.24) is 10.0 Å². The van der Waals surface area contributed by atoms with Crippen molar-refractivity contribution in [3.63, 3.8) is 0 Å². The van der Waals surface area contributed by atoms with Crippen molar-refractivity contribution < 1.29 is 13.2 Å². The minimum atomic E-state index is -3.91. The van der Waals surface area contributed by atoms with Crippen LogP contribution in [0.1, 0.15) is 11.1 Å². The van der Waals surface area contributed by atoms with E-state index in [1.807, 2.05) is 84.9 Å². The maximum absolute atomic E-state index is 13.2. The van der Waals surface area contributed by atoms with Crippen LogP contribution in [-0.2, 0) is 27.8 Å². The van der Waals surface area contributed by atoms with Gasteiger partial charge in [-0.25, -0.2) is 8.42 Å². The lowest BCUT2D eigenvalue weighted by Gasteiger charge is -2.19. The Kier molecular flexibility index (Phi) is 6.63. The van der Waals surface area contributed by atoms with Gasteiger partial charge in [0, 0.05) is 6.54 Å².